The summed E-state index contributed by atoms with van der Waals surface area (Å²) in [5.41, 5.74) is 3.82. The molecule has 9 rings (SSSR count). The number of piperidine rings is 2. The first kappa shape index (κ1) is 68.4. The lowest BCUT2D eigenvalue weighted by Gasteiger charge is -2.36. The van der Waals surface area contributed by atoms with Gasteiger partial charge in [0.15, 0.2) is 0 Å². The van der Waals surface area contributed by atoms with Crippen LogP contribution < -0.4 is 32.3 Å². The third kappa shape index (κ3) is 16.6. The number of rotatable bonds is 23. The van der Waals surface area contributed by atoms with Gasteiger partial charge in [0.2, 0.25) is 43.8 Å². The maximum absolute atomic E-state index is 15.1. The molecule has 7 atom stereocenters. The number of imide groups is 2. The second-order valence-electron chi connectivity index (χ2n) is 24.9. The molecule has 492 valence electrons. The fourth-order valence-electron chi connectivity index (χ4n) is 12.6. The van der Waals surface area contributed by atoms with Crippen molar-refractivity contribution in [3.63, 3.8) is 0 Å². The molecule has 0 bridgehead atoms. The molecule has 2 unspecified atom stereocenters. The van der Waals surface area contributed by atoms with Crippen LogP contribution in [0.15, 0.2) is 66.7 Å². The fourth-order valence-corrected chi connectivity index (χ4v) is 14.3. The van der Waals surface area contributed by atoms with Gasteiger partial charge in [0.1, 0.15) is 18.1 Å². The molecule has 4 aromatic rings. The first-order valence-electron chi connectivity index (χ1n) is 30.8. The number of primary amides is 1. The van der Waals surface area contributed by atoms with Gasteiger partial charge in [-0.1, -0.05) is 57.2 Å². The molecule has 5 aliphatic heterocycles. The first-order chi connectivity index (χ1) is 43.3. The maximum atomic E-state index is 15.1. The van der Waals surface area contributed by atoms with E-state index in [1.54, 1.807) is 21.9 Å². The Morgan fingerprint density at radius 1 is 0.890 bits per heavy atom. The zero-order valence-corrected chi connectivity index (χ0v) is 53.0. The summed E-state index contributed by atoms with van der Waals surface area (Å²) in [6.07, 6.45) is -0.162. The van der Waals surface area contributed by atoms with Gasteiger partial charge >= 0.3 is 5.66 Å². The van der Waals surface area contributed by atoms with Gasteiger partial charge in [-0.25, -0.2) is 8.78 Å². The summed E-state index contributed by atoms with van der Waals surface area (Å²) in [5.74, 6) is -5.24. The number of ether oxygens (including phenoxy) is 1. The second kappa shape index (κ2) is 29.7. The molecular formula is C63H79F4N10O12PS. The lowest BCUT2D eigenvalue weighted by atomic mass is 9.86. The van der Waals surface area contributed by atoms with Crippen molar-refractivity contribution in [1.82, 2.24) is 40.9 Å². The van der Waals surface area contributed by atoms with Crippen molar-refractivity contribution in [2.24, 2.45) is 11.7 Å². The summed E-state index contributed by atoms with van der Waals surface area (Å²) in [6, 6.07) is 12.2. The summed E-state index contributed by atoms with van der Waals surface area (Å²) < 4.78 is 69.9. The number of halogens is 4. The van der Waals surface area contributed by atoms with Crippen LogP contribution in [0.5, 0.6) is 0 Å². The van der Waals surface area contributed by atoms with E-state index >= 15 is 8.78 Å². The van der Waals surface area contributed by atoms with Gasteiger partial charge in [-0.05, 0) is 123 Å². The number of carbonyl (C=O) groups excluding carboxylic acids is 9. The molecule has 0 spiro atoms. The van der Waals surface area contributed by atoms with Crippen LogP contribution in [0.4, 0.5) is 23.2 Å². The van der Waals surface area contributed by atoms with Crippen molar-refractivity contribution in [2.45, 2.75) is 152 Å². The minimum atomic E-state index is -3.68. The van der Waals surface area contributed by atoms with Gasteiger partial charge in [0.25, 0.3) is 24.1 Å². The zero-order valence-electron chi connectivity index (χ0n) is 51.3. The van der Waals surface area contributed by atoms with E-state index in [1.807, 2.05) is 24.3 Å². The van der Waals surface area contributed by atoms with Crippen LogP contribution in [0.2, 0.25) is 0 Å². The monoisotopic (exact) mass is 1310 g/mol. The number of likely N-dealkylation sites (tertiary alicyclic amines) is 1. The van der Waals surface area contributed by atoms with Crippen LogP contribution in [-0.4, -0.2) is 180 Å². The van der Waals surface area contributed by atoms with Gasteiger partial charge in [0, 0.05) is 67.4 Å². The predicted molar refractivity (Wildman–Crippen MR) is 331 cm³/mol. The average Bonchev–Trinajstić information content (AvgIpc) is 1.63. The number of thiophene rings is 1. The van der Waals surface area contributed by atoms with Crippen molar-refractivity contribution in [3.8, 4) is 0 Å². The highest BCUT2D eigenvalue weighted by Gasteiger charge is 2.47. The number of nitrogens with one attached hydrogen (secondary N) is 5. The quantitative estimate of drug-likeness (QED) is 0.0251. The van der Waals surface area contributed by atoms with Crippen LogP contribution in [-0.2, 0) is 55.5 Å². The van der Waals surface area contributed by atoms with E-state index in [0.717, 1.165) is 33.4 Å². The molecule has 4 saturated heterocycles. The highest BCUT2D eigenvalue weighted by molar-refractivity contribution is 7.47. The van der Waals surface area contributed by atoms with Crippen LogP contribution >= 0.6 is 19.7 Å². The third-order valence-corrected chi connectivity index (χ3v) is 19.9. The van der Waals surface area contributed by atoms with E-state index < -0.39 is 110 Å². The summed E-state index contributed by atoms with van der Waals surface area (Å²) in [7, 11) is -3.11. The smallest absolute Gasteiger partial charge is 0.339 e. The Hall–Kier alpha value is -7.00. The lowest BCUT2D eigenvalue weighted by molar-refractivity contribution is -0.139. The van der Waals surface area contributed by atoms with Gasteiger partial charge < -0.3 is 46.1 Å². The van der Waals surface area contributed by atoms with Crippen LogP contribution in [0.25, 0.3) is 10.1 Å². The standard InChI is InChI=1S/C63H79F4N10O12PS/c1-5-89-90(87)63(66,67)40-13-18-49-38(30-40)31-50(91-49)58(83)70-41-32-74(33-51(64)65)26-24-42-14-16-47(76(42)35-88-34-41)56(81)71-45(15-19-52(68)78)55(80)72-46(29-37-9-11-39(12-10-37)62(2,3)4)60(85)75-27-22-36(23-28-75)21-25-69-44-8-6-7-43-54(44)61(86)77(59(43)84)48-17-20-53(79)73-57(48)82/h6-13,18,30-31,36,41-42,45-48,51,69,87H,5,14-17,19-29,32-35H2,1-4H3,(H2,68,78)(H,70,83)(H,71,81)(H,72,80)(H,73,79,82)/t41-,42+,45-,46-,47-,48?,90?/m0/s1. The summed E-state index contributed by atoms with van der Waals surface area (Å²) in [4.78, 5) is 138. The Morgan fingerprint density at radius 3 is 2.32 bits per heavy atom. The van der Waals surface area contributed by atoms with E-state index in [4.69, 9.17) is 15.0 Å². The summed E-state index contributed by atoms with van der Waals surface area (Å²) in [5, 5.41) is 14.5. The lowest BCUT2D eigenvalue weighted by Crippen LogP contribution is -2.58. The SMILES string of the molecule is CCOP(O)C(F)(F)c1ccc2sc(C(=O)N[C@@H]3COCN4[C@H](CC[C@H]4C(=O)N[C@@H](CCC(N)=O)C(=O)N[C@@H](Cc4ccc(C(C)(C)C)cc4)C(=O)N4CCC(CCNc5cccc6c5C(=O)N(C5CCC(=O)NC5=O)C6=O)CC4)CCN(CC(F)F)C3)cc2c1. The molecule has 91 heavy (non-hydrogen) atoms. The van der Waals surface area contributed by atoms with Crippen molar-refractivity contribution in [1.29, 1.82) is 0 Å². The largest absolute Gasteiger partial charge is 0.384 e. The van der Waals surface area contributed by atoms with Gasteiger partial charge in [-0.3, -0.25) is 63.2 Å². The molecule has 1 aromatic heterocycles. The van der Waals surface area contributed by atoms with Crippen LogP contribution in [0.1, 0.15) is 139 Å². The topological polar surface area (TPSA) is 291 Å². The maximum Gasteiger partial charge on any atom is 0.339 e. The van der Waals surface area contributed by atoms with Crippen LogP contribution in [0, 0.1) is 5.92 Å². The van der Waals surface area contributed by atoms with E-state index in [2.05, 4.69) is 47.4 Å². The van der Waals surface area contributed by atoms with Crippen molar-refractivity contribution >= 4 is 88.7 Å². The Morgan fingerprint density at radius 2 is 1.63 bits per heavy atom. The van der Waals surface area contributed by atoms with E-state index in [0.29, 0.717) is 73.9 Å². The van der Waals surface area contributed by atoms with Gasteiger partial charge in [-0.2, -0.15) is 8.78 Å². The number of carbonyl (C=O) groups is 9. The number of hydrogen-bond acceptors (Lipinski definition) is 16. The molecule has 3 aromatic carbocycles. The zero-order chi connectivity index (χ0) is 65.5. The van der Waals surface area contributed by atoms with Crippen molar-refractivity contribution in [2.75, 3.05) is 64.5 Å². The molecule has 8 N–H and O–H groups in total. The van der Waals surface area contributed by atoms with Crippen molar-refractivity contribution in [3.05, 3.63) is 99.4 Å². The minimum absolute atomic E-state index is 0.00297. The van der Waals surface area contributed by atoms with E-state index in [-0.39, 0.29) is 104 Å². The normalized spacial score (nSPS) is 21.6. The number of nitrogens with two attached hydrogens (primary N) is 1. The van der Waals surface area contributed by atoms with Gasteiger partial charge in [0.05, 0.1) is 54.6 Å². The highest BCUT2D eigenvalue weighted by atomic mass is 32.1. The predicted octanol–water partition coefficient (Wildman–Crippen LogP) is 6.08. The summed E-state index contributed by atoms with van der Waals surface area (Å²) >= 11 is 1.03. The van der Waals surface area contributed by atoms with E-state index in [1.165, 1.54) is 36.1 Å². The Bertz CT molecular complexity index is 3370. The Labute approximate surface area is 529 Å². The van der Waals surface area contributed by atoms with E-state index in [9.17, 15) is 56.8 Å². The molecular weight excluding hydrogens is 1230 g/mol. The number of amides is 9. The molecule has 22 nitrogen and oxygen atoms in total. The van der Waals surface area contributed by atoms with Crippen molar-refractivity contribution < 1.29 is 74.9 Å². The molecule has 0 aliphatic carbocycles. The number of alkyl halides is 4. The molecule has 5 aliphatic rings. The molecule has 0 saturated carbocycles. The van der Waals surface area contributed by atoms with Gasteiger partial charge in [-0.15, -0.1) is 11.3 Å². The molecule has 6 heterocycles. The average molecular weight is 1310 g/mol. The fraction of sp³-hybridized carbons (Fsp3) is 0.540. The summed E-state index contributed by atoms with van der Waals surface area (Å²) in [6.45, 7) is 7.93. The highest BCUT2D eigenvalue weighted by Crippen LogP contribution is 2.56. The number of benzene rings is 3. The minimum Gasteiger partial charge on any atom is -0.384 e. The first-order valence-corrected chi connectivity index (χ1v) is 32.9. The Kier molecular flexibility index (Phi) is 22.3. The molecule has 28 heteroatoms. The number of anilines is 1. The molecule has 0 radical (unpaired) electrons. The number of fused-ring (bicyclic) bond motifs is 3. The number of hydrogen-bond donors (Lipinski definition) is 7. The second-order valence-corrected chi connectivity index (χ2v) is 27.4. The number of nitrogens with zero attached hydrogens (tertiary/aromatic N) is 4. The Balaban J connectivity index is 0.843. The molecule has 4 fully saturated rings. The third-order valence-electron chi connectivity index (χ3n) is 17.5. The van der Waals surface area contributed by atoms with Crippen LogP contribution in [0.3, 0.4) is 0 Å². The molecule has 9 amide bonds.